The van der Waals surface area contributed by atoms with E-state index < -0.39 is 29.0 Å². The molecule has 4 aromatic heterocycles. The summed E-state index contributed by atoms with van der Waals surface area (Å²) in [4.78, 5) is 38.3. The maximum absolute atomic E-state index is 15.4. The summed E-state index contributed by atoms with van der Waals surface area (Å²) in [6.45, 7) is 0.155. The number of aromatic nitrogens is 3. The van der Waals surface area contributed by atoms with Gasteiger partial charge in [-0.1, -0.05) is 6.07 Å². The van der Waals surface area contributed by atoms with Crippen molar-refractivity contribution < 1.29 is 31.8 Å². The molecule has 1 N–H and O–H groups in total. The Kier molecular flexibility index (Phi) is 7.84. The smallest absolute Gasteiger partial charge is 0.272 e. The zero-order valence-electron chi connectivity index (χ0n) is 26.0. The molecular weight excluding hydrogens is 674 g/mol. The van der Waals surface area contributed by atoms with Gasteiger partial charge >= 0.3 is 0 Å². The molecule has 50 heavy (non-hydrogen) atoms. The first-order valence-corrected chi connectivity index (χ1v) is 16.3. The fourth-order valence-corrected chi connectivity index (χ4v) is 7.03. The molecule has 0 saturated carbocycles. The van der Waals surface area contributed by atoms with Crippen molar-refractivity contribution in [1.82, 2.24) is 19.4 Å². The number of hydrogen-bond acceptors (Lipinski definition) is 8. The molecule has 2 aliphatic rings. The highest BCUT2D eigenvalue weighted by Gasteiger charge is 2.43. The Morgan fingerprint density at radius 3 is 2.56 bits per heavy atom. The Hall–Kier alpha value is -5.60. The molecule has 1 saturated heterocycles. The van der Waals surface area contributed by atoms with E-state index in [0.29, 0.717) is 45.9 Å². The molecule has 6 aromatic rings. The van der Waals surface area contributed by atoms with E-state index in [9.17, 15) is 22.8 Å². The number of benzene rings is 2. The molecule has 1 fully saturated rings. The van der Waals surface area contributed by atoms with E-state index in [-0.39, 0.29) is 42.4 Å². The molecule has 2 aliphatic heterocycles. The van der Waals surface area contributed by atoms with Crippen LogP contribution in [0.2, 0.25) is 0 Å². The molecule has 8 rings (SSSR count). The zero-order chi connectivity index (χ0) is 34.6. The molecule has 0 unspecified atom stereocenters. The van der Waals surface area contributed by atoms with Gasteiger partial charge in [0.15, 0.2) is 11.6 Å². The summed E-state index contributed by atoms with van der Waals surface area (Å²) in [6.07, 6.45) is 5.25. The third-order valence-electron chi connectivity index (χ3n) is 8.36. The second kappa shape index (κ2) is 12.4. The summed E-state index contributed by atoms with van der Waals surface area (Å²) in [5.41, 5.74) is 2.29. The van der Waals surface area contributed by atoms with Crippen molar-refractivity contribution in [2.75, 3.05) is 25.0 Å². The molecule has 9 nitrogen and oxygen atoms in total. The number of amides is 1. The highest BCUT2D eigenvalue weighted by molar-refractivity contribution is 7.22. The number of hydrogen-bond donors (Lipinski definition) is 1. The van der Waals surface area contributed by atoms with Gasteiger partial charge in [-0.25, -0.2) is 17.6 Å². The van der Waals surface area contributed by atoms with Gasteiger partial charge in [-0.15, -0.1) is 11.3 Å². The number of ether oxygens (including phenoxy) is 2. The fraction of sp³-hybridized carbons (Fsp3) is 0.167. The van der Waals surface area contributed by atoms with Crippen LogP contribution in [0, 0.1) is 11.6 Å². The van der Waals surface area contributed by atoms with Gasteiger partial charge in [0.05, 0.1) is 40.5 Å². The van der Waals surface area contributed by atoms with Crippen LogP contribution in [0.15, 0.2) is 90.1 Å². The van der Waals surface area contributed by atoms with E-state index >= 15 is 4.39 Å². The predicted octanol–water partition coefficient (Wildman–Crippen LogP) is 7.22. The summed E-state index contributed by atoms with van der Waals surface area (Å²) >= 11 is 1.36. The number of carbonyl (C=O) groups is 1. The highest BCUT2D eigenvalue weighted by Crippen LogP contribution is 2.39. The summed E-state index contributed by atoms with van der Waals surface area (Å²) < 4.78 is 68.8. The second-order valence-corrected chi connectivity index (χ2v) is 13.0. The van der Waals surface area contributed by atoms with Crippen molar-refractivity contribution in [3.05, 3.63) is 124 Å². The van der Waals surface area contributed by atoms with Crippen LogP contribution in [0.5, 0.6) is 17.2 Å². The summed E-state index contributed by atoms with van der Waals surface area (Å²) in [7, 11) is 0. The first kappa shape index (κ1) is 31.7. The topological polar surface area (TPSA) is 98.6 Å². The number of halogens is 4. The van der Waals surface area contributed by atoms with Crippen molar-refractivity contribution in [3.63, 3.8) is 0 Å². The number of nitrogens with one attached hydrogen (secondary N) is 1. The molecule has 0 aliphatic carbocycles. The van der Waals surface area contributed by atoms with Crippen molar-refractivity contribution in [2.24, 2.45) is 0 Å². The summed E-state index contributed by atoms with van der Waals surface area (Å²) in [5, 5.41) is 2.59. The van der Waals surface area contributed by atoms with Gasteiger partial charge in [-0.2, -0.15) is 0 Å². The third kappa shape index (κ3) is 6.07. The van der Waals surface area contributed by atoms with Crippen LogP contribution in [0.1, 0.15) is 21.5 Å². The van der Waals surface area contributed by atoms with E-state index in [1.165, 1.54) is 52.3 Å². The SMILES string of the molecule is O=C(Nc1ccc(Oc2ccnc3cc(-c4ccc(CN5CC(F)(F)C5)cn4)sc23)c(F)c1)c1c2c(cn(-c3ccc(F)cc3)c1=O)CCO2. The quantitative estimate of drug-likeness (QED) is 0.168. The van der Waals surface area contributed by atoms with Crippen LogP contribution >= 0.6 is 11.3 Å². The molecule has 0 atom stereocenters. The molecule has 0 radical (unpaired) electrons. The van der Waals surface area contributed by atoms with E-state index in [1.807, 2.05) is 18.2 Å². The van der Waals surface area contributed by atoms with E-state index in [1.54, 1.807) is 29.6 Å². The molecule has 2 aromatic carbocycles. The number of rotatable bonds is 8. The summed E-state index contributed by atoms with van der Waals surface area (Å²) in [6, 6.07) is 16.3. The number of likely N-dealkylation sites (tertiary alicyclic amines) is 1. The Balaban J connectivity index is 1.00. The normalized spacial score (nSPS) is 15.0. The lowest BCUT2D eigenvalue weighted by atomic mass is 10.1. The van der Waals surface area contributed by atoms with Crippen LogP contribution in [0.4, 0.5) is 23.2 Å². The van der Waals surface area contributed by atoms with Crippen LogP contribution in [0.3, 0.4) is 0 Å². The number of anilines is 1. The molecule has 6 heterocycles. The van der Waals surface area contributed by atoms with Crippen molar-refractivity contribution in [3.8, 4) is 33.5 Å². The Morgan fingerprint density at radius 1 is 1.00 bits per heavy atom. The van der Waals surface area contributed by atoms with Crippen molar-refractivity contribution in [2.45, 2.75) is 18.9 Å². The van der Waals surface area contributed by atoms with Crippen molar-refractivity contribution in [1.29, 1.82) is 0 Å². The fourth-order valence-electron chi connectivity index (χ4n) is 5.99. The van der Waals surface area contributed by atoms with Crippen LogP contribution in [-0.2, 0) is 13.0 Å². The number of nitrogens with zero attached hydrogens (tertiary/aromatic N) is 4. The first-order valence-electron chi connectivity index (χ1n) is 15.5. The van der Waals surface area contributed by atoms with Crippen molar-refractivity contribution >= 4 is 33.1 Å². The monoisotopic (exact) mass is 699 g/mol. The largest absolute Gasteiger partial charge is 0.492 e. The average molecular weight is 700 g/mol. The van der Waals surface area contributed by atoms with E-state index in [2.05, 4.69) is 15.3 Å². The molecular formula is C36H25F4N5O4S. The molecule has 0 bridgehead atoms. The van der Waals surface area contributed by atoms with Crippen LogP contribution < -0.4 is 20.3 Å². The molecule has 1 amide bonds. The molecule has 252 valence electrons. The van der Waals surface area contributed by atoms with Gasteiger partial charge in [0.25, 0.3) is 17.4 Å². The molecule has 0 spiro atoms. The van der Waals surface area contributed by atoms with Gasteiger partial charge in [0, 0.05) is 60.6 Å². The lowest BCUT2D eigenvalue weighted by Gasteiger charge is -2.38. The van der Waals surface area contributed by atoms with Gasteiger partial charge < -0.3 is 14.8 Å². The van der Waals surface area contributed by atoms with E-state index in [0.717, 1.165) is 16.5 Å². The minimum Gasteiger partial charge on any atom is -0.492 e. The number of alkyl halides is 2. The van der Waals surface area contributed by atoms with Crippen LogP contribution in [0.25, 0.3) is 26.5 Å². The predicted molar refractivity (Wildman–Crippen MR) is 179 cm³/mol. The second-order valence-electron chi connectivity index (χ2n) is 12.0. The number of thiophene rings is 1. The number of fused-ring (bicyclic) bond motifs is 2. The third-order valence-corrected chi connectivity index (χ3v) is 9.53. The van der Waals surface area contributed by atoms with Gasteiger partial charge in [0.1, 0.15) is 22.9 Å². The van der Waals surface area contributed by atoms with Crippen LogP contribution in [-0.4, -0.2) is 51.0 Å². The Labute approximate surface area is 285 Å². The first-order chi connectivity index (χ1) is 24.1. The van der Waals surface area contributed by atoms with Gasteiger partial charge in [-0.05, 0) is 54.1 Å². The molecule has 14 heteroatoms. The zero-order valence-corrected chi connectivity index (χ0v) is 26.8. The van der Waals surface area contributed by atoms with Gasteiger partial charge in [-0.3, -0.25) is 29.0 Å². The highest BCUT2D eigenvalue weighted by atomic mass is 32.1. The van der Waals surface area contributed by atoms with Gasteiger partial charge in [0.2, 0.25) is 0 Å². The summed E-state index contributed by atoms with van der Waals surface area (Å²) in [5.74, 6) is -4.23. The lowest BCUT2D eigenvalue weighted by Crippen LogP contribution is -2.55. The number of carbonyl (C=O) groups excluding carboxylic acids is 1. The average Bonchev–Trinajstić information content (AvgIpc) is 3.73. The maximum Gasteiger partial charge on any atom is 0.272 e. The Morgan fingerprint density at radius 2 is 1.82 bits per heavy atom. The van der Waals surface area contributed by atoms with E-state index in [4.69, 9.17) is 9.47 Å². The number of pyridine rings is 3. The Bertz CT molecular complexity index is 2340. The lowest BCUT2D eigenvalue weighted by molar-refractivity contribution is -0.133. The maximum atomic E-state index is 15.4. The standard InChI is InChI=1S/C36H25F4N5O4S/c37-22-2-5-24(6-3-22)45-17-21-10-12-48-32(21)31(35(45)47)34(46)43-23-4-8-28(25(38)13-23)49-29-9-11-41-27-14-30(50-33(27)29)26-7-1-20(15-42-26)16-44-18-36(39,40)19-44/h1-9,11,13-15,17H,10,12,16,18-19H2,(H,43,46). The minimum absolute atomic E-state index is 0.0822. The minimum atomic E-state index is -2.63.